The molecule has 1 aliphatic heterocycles. The lowest BCUT2D eigenvalue weighted by molar-refractivity contribution is 0.102. The molecule has 1 saturated heterocycles. The summed E-state index contributed by atoms with van der Waals surface area (Å²) in [6.45, 7) is 8.99. The van der Waals surface area contributed by atoms with Crippen LogP contribution < -0.4 is 16.4 Å². The van der Waals surface area contributed by atoms with Crippen LogP contribution in [0.25, 0.3) is 0 Å². The van der Waals surface area contributed by atoms with E-state index in [1.165, 1.54) is 32.4 Å². The molecule has 7 heteroatoms. The second-order valence-corrected chi connectivity index (χ2v) is 8.51. The number of piperidine rings is 1. The summed E-state index contributed by atoms with van der Waals surface area (Å²) in [7, 11) is 2.19. The standard InChI is InChI=1S/C23H34N6O/c1-15-12-16(2)21(24)20(13-15)28-22(30)19-14-26-23(27-17(19)3)25-9-5-6-18-7-10-29(4)11-8-18/h12-14,18H,5-11,24H2,1-4H3,(H,28,30)(H,25,26,27). The number of aryl methyl sites for hydroxylation is 3. The molecular weight excluding hydrogens is 376 g/mol. The highest BCUT2D eigenvalue weighted by molar-refractivity contribution is 6.06. The first kappa shape index (κ1) is 22.0. The molecule has 1 aromatic heterocycles. The summed E-state index contributed by atoms with van der Waals surface area (Å²) in [6, 6.07) is 3.86. The smallest absolute Gasteiger partial charge is 0.259 e. The van der Waals surface area contributed by atoms with Crippen LogP contribution in [0.4, 0.5) is 17.3 Å². The van der Waals surface area contributed by atoms with Crippen molar-refractivity contribution in [2.24, 2.45) is 5.92 Å². The summed E-state index contributed by atoms with van der Waals surface area (Å²) in [5, 5.41) is 6.18. The lowest BCUT2D eigenvalue weighted by Crippen LogP contribution is -2.30. The highest BCUT2D eigenvalue weighted by atomic mass is 16.1. The van der Waals surface area contributed by atoms with E-state index in [-0.39, 0.29) is 5.91 Å². The number of likely N-dealkylation sites (tertiary alicyclic amines) is 1. The van der Waals surface area contributed by atoms with E-state index in [9.17, 15) is 4.79 Å². The van der Waals surface area contributed by atoms with Gasteiger partial charge in [0.05, 0.1) is 22.6 Å². The van der Waals surface area contributed by atoms with Gasteiger partial charge in [-0.1, -0.05) is 6.07 Å². The van der Waals surface area contributed by atoms with E-state index in [0.717, 1.165) is 30.0 Å². The Kier molecular flexibility index (Phi) is 7.26. The Hall–Kier alpha value is -2.67. The molecule has 1 amide bonds. The van der Waals surface area contributed by atoms with Gasteiger partial charge in [0.15, 0.2) is 0 Å². The second-order valence-electron chi connectivity index (χ2n) is 8.51. The molecule has 0 spiro atoms. The van der Waals surface area contributed by atoms with Crippen LogP contribution in [0, 0.1) is 26.7 Å². The molecule has 7 nitrogen and oxygen atoms in total. The third-order valence-corrected chi connectivity index (χ3v) is 5.91. The number of nitrogen functional groups attached to an aromatic ring is 1. The predicted molar refractivity (Wildman–Crippen MR) is 123 cm³/mol. The van der Waals surface area contributed by atoms with Crippen LogP contribution in [0.15, 0.2) is 18.3 Å². The van der Waals surface area contributed by atoms with Crippen LogP contribution in [0.5, 0.6) is 0 Å². The van der Waals surface area contributed by atoms with E-state index < -0.39 is 0 Å². The fourth-order valence-corrected chi connectivity index (χ4v) is 3.99. The molecular formula is C23H34N6O. The Morgan fingerprint density at radius 3 is 2.67 bits per heavy atom. The van der Waals surface area contributed by atoms with E-state index >= 15 is 0 Å². The zero-order valence-electron chi connectivity index (χ0n) is 18.6. The van der Waals surface area contributed by atoms with Crippen LogP contribution in [0.1, 0.15) is 52.9 Å². The number of carbonyl (C=O) groups is 1. The molecule has 2 heterocycles. The van der Waals surface area contributed by atoms with Crippen molar-refractivity contribution in [3.05, 3.63) is 40.7 Å². The lowest BCUT2D eigenvalue weighted by Gasteiger charge is -2.28. The molecule has 0 unspecified atom stereocenters. The van der Waals surface area contributed by atoms with Crippen molar-refractivity contribution in [1.82, 2.24) is 14.9 Å². The maximum Gasteiger partial charge on any atom is 0.259 e. The topological polar surface area (TPSA) is 96.2 Å². The van der Waals surface area contributed by atoms with Gasteiger partial charge in [0, 0.05) is 12.7 Å². The number of hydrogen-bond donors (Lipinski definition) is 3. The monoisotopic (exact) mass is 410 g/mol. The first-order valence-electron chi connectivity index (χ1n) is 10.8. The Morgan fingerprint density at radius 2 is 1.97 bits per heavy atom. The Morgan fingerprint density at radius 1 is 1.23 bits per heavy atom. The number of carbonyl (C=O) groups excluding carboxylic acids is 1. The van der Waals surface area contributed by atoms with Gasteiger partial charge in [0.2, 0.25) is 5.95 Å². The van der Waals surface area contributed by atoms with Gasteiger partial charge in [-0.15, -0.1) is 0 Å². The molecule has 0 aliphatic carbocycles. The fraction of sp³-hybridized carbons (Fsp3) is 0.522. The molecule has 3 rings (SSSR count). The normalized spacial score (nSPS) is 15.2. The van der Waals surface area contributed by atoms with Gasteiger partial charge in [-0.25, -0.2) is 9.97 Å². The SMILES string of the molecule is Cc1cc(C)c(N)c(NC(=O)c2cnc(NCCCC3CCN(C)CC3)nc2C)c1. The first-order chi connectivity index (χ1) is 14.3. The van der Waals surface area contributed by atoms with E-state index in [2.05, 4.69) is 32.5 Å². The minimum Gasteiger partial charge on any atom is -0.397 e. The number of amides is 1. The fourth-order valence-electron chi connectivity index (χ4n) is 3.99. The average Bonchev–Trinajstić information content (AvgIpc) is 2.70. The molecule has 0 radical (unpaired) electrons. The quantitative estimate of drug-likeness (QED) is 0.475. The van der Waals surface area contributed by atoms with Gasteiger partial charge in [0.1, 0.15) is 0 Å². The van der Waals surface area contributed by atoms with Gasteiger partial charge >= 0.3 is 0 Å². The van der Waals surface area contributed by atoms with Crippen molar-refractivity contribution in [1.29, 1.82) is 0 Å². The van der Waals surface area contributed by atoms with E-state index in [0.29, 0.717) is 28.6 Å². The minimum absolute atomic E-state index is 0.252. The highest BCUT2D eigenvalue weighted by Gasteiger charge is 2.17. The summed E-state index contributed by atoms with van der Waals surface area (Å²) in [4.78, 5) is 23.9. The maximum absolute atomic E-state index is 12.7. The molecule has 2 aromatic rings. The van der Waals surface area contributed by atoms with E-state index in [1.54, 1.807) is 6.20 Å². The van der Waals surface area contributed by atoms with Crippen LogP contribution in [0.3, 0.4) is 0 Å². The summed E-state index contributed by atoms with van der Waals surface area (Å²) < 4.78 is 0. The molecule has 30 heavy (non-hydrogen) atoms. The average molecular weight is 411 g/mol. The number of nitrogens with zero attached hydrogens (tertiary/aromatic N) is 3. The summed E-state index contributed by atoms with van der Waals surface area (Å²) in [5.41, 5.74) is 10.4. The van der Waals surface area contributed by atoms with Gasteiger partial charge < -0.3 is 21.3 Å². The molecule has 162 valence electrons. The molecule has 1 fully saturated rings. The number of anilines is 3. The molecule has 0 atom stereocenters. The number of nitrogens with one attached hydrogen (secondary N) is 2. The van der Waals surface area contributed by atoms with Crippen molar-refractivity contribution in [3.8, 4) is 0 Å². The highest BCUT2D eigenvalue weighted by Crippen LogP contribution is 2.25. The van der Waals surface area contributed by atoms with Crippen molar-refractivity contribution in [2.45, 2.75) is 46.5 Å². The number of nitrogens with two attached hydrogens (primary N) is 1. The van der Waals surface area contributed by atoms with Crippen LogP contribution in [-0.2, 0) is 0 Å². The number of hydrogen-bond acceptors (Lipinski definition) is 6. The summed E-state index contributed by atoms with van der Waals surface area (Å²) in [6.07, 6.45) is 6.50. The Balaban J connectivity index is 1.53. The zero-order chi connectivity index (χ0) is 21.7. The minimum atomic E-state index is -0.252. The number of aromatic nitrogens is 2. The van der Waals surface area contributed by atoms with Gasteiger partial charge in [-0.3, -0.25) is 4.79 Å². The summed E-state index contributed by atoms with van der Waals surface area (Å²) in [5.74, 6) is 1.14. The third-order valence-electron chi connectivity index (χ3n) is 5.91. The van der Waals surface area contributed by atoms with Crippen LogP contribution >= 0.6 is 0 Å². The Bertz CT molecular complexity index is 890. The first-order valence-corrected chi connectivity index (χ1v) is 10.8. The van der Waals surface area contributed by atoms with Gasteiger partial charge in [0.25, 0.3) is 5.91 Å². The van der Waals surface area contributed by atoms with Crippen LogP contribution in [0.2, 0.25) is 0 Å². The van der Waals surface area contributed by atoms with Gasteiger partial charge in [-0.2, -0.15) is 0 Å². The molecule has 1 aliphatic rings. The second kappa shape index (κ2) is 9.89. The Labute approximate surface area is 179 Å². The number of rotatable bonds is 7. The van der Waals surface area contributed by atoms with Crippen molar-refractivity contribution in [3.63, 3.8) is 0 Å². The van der Waals surface area contributed by atoms with E-state index in [1.807, 2.05) is 32.9 Å². The largest absolute Gasteiger partial charge is 0.397 e. The summed E-state index contributed by atoms with van der Waals surface area (Å²) >= 11 is 0. The molecule has 0 bridgehead atoms. The van der Waals surface area contributed by atoms with Gasteiger partial charge in [-0.05, 0) is 89.7 Å². The lowest BCUT2D eigenvalue weighted by atomic mass is 9.92. The zero-order valence-corrected chi connectivity index (χ0v) is 18.6. The molecule has 0 saturated carbocycles. The van der Waals surface area contributed by atoms with Crippen molar-refractivity contribution < 1.29 is 4.79 Å². The van der Waals surface area contributed by atoms with Crippen molar-refractivity contribution >= 4 is 23.2 Å². The molecule has 4 N–H and O–H groups in total. The van der Waals surface area contributed by atoms with E-state index in [4.69, 9.17) is 5.73 Å². The molecule has 1 aromatic carbocycles. The third kappa shape index (κ3) is 5.69. The predicted octanol–water partition coefficient (Wildman–Crippen LogP) is 3.77. The maximum atomic E-state index is 12.7. The number of benzene rings is 1. The van der Waals surface area contributed by atoms with Crippen LogP contribution in [-0.4, -0.2) is 47.5 Å². The van der Waals surface area contributed by atoms with Crippen molar-refractivity contribution in [2.75, 3.05) is 43.0 Å².